The summed E-state index contributed by atoms with van der Waals surface area (Å²) in [5, 5.41) is 4.94. The number of alkyl carbamates (subject to hydrolysis) is 1. The molecule has 0 spiro atoms. The van der Waals surface area contributed by atoms with Crippen molar-refractivity contribution in [1.29, 1.82) is 0 Å². The number of aryl methyl sites for hydroxylation is 1. The maximum atomic E-state index is 12.6. The van der Waals surface area contributed by atoms with Crippen LogP contribution in [-0.2, 0) is 38.0 Å². The first-order chi connectivity index (χ1) is 14.3. The van der Waals surface area contributed by atoms with Crippen molar-refractivity contribution in [1.82, 2.24) is 5.32 Å². The standard InChI is InChI=1S/C20H22N2O6S2/c1-28-20(25)22-18(24)17-14-9-5-6-10-15(14)29-19(17)21-16(23)12-30(26,27)11-13-7-3-2-4-8-13/h2-4,7-8H,5-6,9-12H2,1H3,(H,21,23)(H,22,24,25). The van der Waals surface area contributed by atoms with Crippen LogP contribution in [0.3, 0.4) is 0 Å². The third-order valence-corrected chi connectivity index (χ3v) is 7.32. The Balaban J connectivity index is 1.78. The van der Waals surface area contributed by atoms with Crippen molar-refractivity contribution >= 4 is 44.1 Å². The van der Waals surface area contributed by atoms with Crippen LogP contribution in [0.25, 0.3) is 0 Å². The maximum Gasteiger partial charge on any atom is 0.413 e. The second-order valence-corrected chi connectivity index (χ2v) is 10.1. The van der Waals surface area contributed by atoms with Gasteiger partial charge in [0.15, 0.2) is 9.84 Å². The molecule has 0 saturated carbocycles. The van der Waals surface area contributed by atoms with Crippen LogP contribution < -0.4 is 10.6 Å². The molecule has 0 atom stereocenters. The van der Waals surface area contributed by atoms with Gasteiger partial charge in [-0.05, 0) is 36.8 Å². The van der Waals surface area contributed by atoms with Crippen molar-refractivity contribution in [3.05, 3.63) is 51.9 Å². The van der Waals surface area contributed by atoms with Crippen LogP contribution in [0.4, 0.5) is 9.80 Å². The topological polar surface area (TPSA) is 119 Å². The van der Waals surface area contributed by atoms with E-state index >= 15 is 0 Å². The lowest BCUT2D eigenvalue weighted by molar-refractivity contribution is -0.113. The highest BCUT2D eigenvalue weighted by molar-refractivity contribution is 7.91. The number of carbonyl (C=O) groups is 3. The summed E-state index contributed by atoms with van der Waals surface area (Å²) in [6.45, 7) is 0. The van der Waals surface area contributed by atoms with Crippen LogP contribution in [-0.4, -0.2) is 39.2 Å². The number of anilines is 1. The third kappa shape index (κ3) is 5.45. The molecule has 0 aliphatic heterocycles. The molecular weight excluding hydrogens is 428 g/mol. The lowest BCUT2D eigenvalue weighted by atomic mass is 9.95. The molecule has 1 aliphatic rings. The van der Waals surface area contributed by atoms with Gasteiger partial charge in [0.1, 0.15) is 10.8 Å². The summed E-state index contributed by atoms with van der Waals surface area (Å²) in [6, 6.07) is 8.60. The van der Waals surface area contributed by atoms with Gasteiger partial charge >= 0.3 is 6.09 Å². The van der Waals surface area contributed by atoms with Gasteiger partial charge in [-0.25, -0.2) is 13.2 Å². The summed E-state index contributed by atoms with van der Waals surface area (Å²) in [5.74, 6) is -2.36. The first-order valence-corrected chi connectivity index (χ1v) is 12.0. The van der Waals surface area contributed by atoms with E-state index in [1.165, 1.54) is 11.3 Å². The summed E-state index contributed by atoms with van der Waals surface area (Å²) in [6.07, 6.45) is 2.36. The normalized spacial score (nSPS) is 13.2. The Morgan fingerprint density at radius 3 is 2.50 bits per heavy atom. The number of ether oxygens (including phenoxy) is 1. The Labute approximate surface area is 178 Å². The first-order valence-electron chi connectivity index (χ1n) is 9.37. The fourth-order valence-corrected chi connectivity index (χ4v) is 5.92. The van der Waals surface area contributed by atoms with Gasteiger partial charge in [0.05, 0.1) is 18.4 Å². The van der Waals surface area contributed by atoms with Crippen molar-refractivity contribution in [2.75, 3.05) is 18.2 Å². The quantitative estimate of drug-likeness (QED) is 0.698. The fraction of sp³-hybridized carbons (Fsp3) is 0.350. The van der Waals surface area contributed by atoms with E-state index in [4.69, 9.17) is 0 Å². The van der Waals surface area contributed by atoms with E-state index in [2.05, 4.69) is 15.4 Å². The molecule has 0 bridgehead atoms. The Hall–Kier alpha value is -2.72. The highest BCUT2D eigenvalue weighted by Gasteiger charge is 2.28. The number of benzene rings is 1. The second kappa shape index (κ2) is 9.40. The number of hydrogen-bond acceptors (Lipinski definition) is 7. The number of fused-ring (bicyclic) bond motifs is 1. The minimum Gasteiger partial charge on any atom is -0.453 e. The molecule has 10 heteroatoms. The number of nitrogens with one attached hydrogen (secondary N) is 2. The van der Waals surface area contributed by atoms with Crippen LogP contribution in [0.1, 0.15) is 39.2 Å². The maximum absolute atomic E-state index is 12.6. The smallest absolute Gasteiger partial charge is 0.413 e. The molecule has 160 valence electrons. The van der Waals surface area contributed by atoms with Crippen LogP contribution in [0, 0.1) is 0 Å². The second-order valence-electron chi connectivity index (χ2n) is 6.93. The van der Waals surface area contributed by atoms with E-state index in [0.29, 0.717) is 12.0 Å². The highest BCUT2D eigenvalue weighted by atomic mass is 32.2. The minimum absolute atomic E-state index is 0.203. The van der Waals surface area contributed by atoms with E-state index < -0.39 is 33.5 Å². The average molecular weight is 451 g/mol. The zero-order chi connectivity index (χ0) is 21.7. The number of amides is 3. The summed E-state index contributed by atoms with van der Waals surface area (Å²) in [5.41, 5.74) is 1.58. The number of imide groups is 1. The van der Waals surface area contributed by atoms with E-state index in [1.54, 1.807) is 30.3 Å². The lowest BCUT2D eigenvalue weighted by Gasteiger charge is -2.12. The van der Waals surface area contributed by atoms with Crippen LogP contribution in [0.2, 0.25) is 0 Å². The van der Waals surface area contributed by atoms with E-state index in [1.807, 2.05) is 0 Å². The van der Waals surface area contributed by atoms with Gasteiger partial charge < -0.3 is 10.1 Å². The van der Waals surface area contributed by atoms with Crippen molar-refractivity contribution in [2.24, 2.45) is 0 Å². The molecule has 0 saturated heterocycles. The Bertz CT molecular complexity index is 1060. The predicted molar refractivity (Wildman–Crippen MR) is 113 cm³/mol. The number of sulfone groups is 1. The highest BCUT2D eigenvalue weighted by Crippen LogP contribution is 2.38. The molecule has 0 radical (unpaired) electrons. The number of thiophene rings is 1. The van der Waals surface area contributed by atoms with Crippen LogP contribution in [0.15, 0.2) is 30.3 Å². The molecule has 30 heavy (non-hydrogen) atoms. The number of hydrogen-bond donors (Lipinski definition) is 2. The summed E-state index contributed by atoms with van der Waals surface area (Å²) >= 11 is 1.24. The molecule has 1 aromatic heterocycles. The number of carbonyl (C=O) groups excluding carboxylic acids is 3. The fourth-order valence-electron chi connectivity index (χ4n) is 3.34. The van der Waals surface area contributed by atoms with Gasteiger partial charge in [-0.1, -0.05) is 30.3 Å². The van der Waals surface area contributed by atoms with Gasteiger partial charge in [-0.2, -0.15) is 0 Å². The van der Waals surface area contributed by atoms with Crippen LogP contribution >= 0.6 is 11.3 Å². The number of methoxy groups -OCH3 is 1. The molecule has 3 amide bonds. The van der Waals surface area contributed by atoms with E-state index in [9.17, 15) is 22.8 Å². The summed E-state index contributed by atoms with van der Waals surface area (Å²) < 4.78 is 29.3. The largest absolute Gasteiger partial charge is 0.453 e. The Morgan fingerprint density at radius 2 is 1.80 bits per heavy atom. The molecule has 1 heterocycles. The van der Waals surface area contributed by atoms with Gasteiger partial charge in [0.25, 0.3) is 5.91 Å². The minimum atomic E-state index is -3.69. The van der Waals surface area contributed by atoms with Gasteiger partial charge in [0, 0.05) is 4.88 Å². The van der Waals surface area contributed by atoms with E-state index in [-0.39, 0.29) is 16.3 Å². The number of rotatable bonds is 6. The van der Waals surface area contributed by atoms with Crippen molar-refractivity contribution in [3.8, 4) is 0 Å². The first kappa shape index (κ1) is 22.0. The van der Waals surface area contributed by atoms with E-state index in [0.717, 1.165) is 36.8 Å². The lowest BCUT2D eigenvalue weighted by Crippen LogP contribution is -2.32. The van der Waals surface area contributed by atoms with Gasteiger partial charge in [-0.15, -0.1) is 11.3 Å². The molecule has 3 rings (SSSR count). The van der Waals surface area contributed by atoms with Gasteiger partial charge in [0.2, 0.25) is 5.91 Å². The molecule has 0 unspecified atom stereocenters. The Kier molecular flexibility index (Phi) is 6.88. The van der Waals surface area contributed by atoms with Crippen molar-refractivity contribution in [2.45, 2.75) is 31.4 Å². The molecule has 8 nitrogen and oxygen atoms in total. The van der Waals surface area contributed by atoms with Crippen LogP contribution in [0.5, 0.6) is 0 Å². The van der Waals surface area contributed by atoms with Gasteiger partial charge in [-0.3, -0.25) is 14.9 Å². The summed E-state index contributed by atoms with van der Waals surface area (Å²) in [4.78, 5) is 37.5. The summed E-state index contributed by atoms with van der Waals surface area (Å²) in [7, 11) is -2.55. The van der Waals surface area contributed by atoms with Crippen molar-refractivity contribution in [3.63, 3.8) is 0 Å². The third-order valence-electron chi connectivity index (χ3n) is 4.63. The van der Waals surface area contributed by atoms with Crippen molar-refractivity contribution < 1.29 is 27.5 Å². The molecule has 1 aliphatic carbocycles. The average Bonchev–Trinajstić information content (AvgIpc) is 3.05. The molecule has 0 fully saturated rings. The zero-order valence-corrected chi connectivity index (χ0v) is 18.0. The predicted octanol–water partition coefficient (Wildman–Crippen LogP) is 2.68. The zero-order valence-electron chi connectivity index (χ0n) is 16.4. The molecular formula is C20H22N2O6S2. The molecule has 1 aromatic carbocycles. The molecule has 2 N–H and O–H groups in total. The monoisotopic (exact) mass is 450 g/mol. The Morgan fingerprint density at radius 1 is 1.10 bits per heavy atom. The SMILES string of the molecule is COC(=O)NC(=O)c1c(NC(=O)CS(=O)(=O)Cc2ccccc2)sc2c1CCCC2. The molecule has 2 aromatic rings.